The smallest absolute Gasteiger partial charge is 0.318 e. The highest BCUT2D eigenvalue weighted by Gasteiger charge is 2.20. The third-order valence-corrected chi connectivity index (χ3v) is 3.41. The van der Waals surface area contributed by atoms with Gasteiger partial charge in [-0.3, -0.25) is 14.9 Å². The Morgan fingerprint density at radius 1 is 1.26 bits per heavy atom. The predicted molar refractivity (Wildman–Crippen MR) is 69.1 cm³/mol. The molecule has 6 heteroatoms. The molecule has 0 spiro atoms. The molecule has 1 atom stereocenters. The molecule has 1 fully saturated rings. The molecular weight excluding hydrogens is 248 g/mol. The first-order valence-corrected chi connectivity index (χ1v) is 6.79. The molecule has 3 N–H and O–H groups in total. The number of primary amides is 1. The van der Waals surface area contributed by atoms with Crippen LogP contribution in [0.25, 0.3) is 0 Å². The molecule has 6 nitrogen and oxygen atoms in total. The van der Waals surface area contributed by atoms with Gasteiger partial charge in [-0.15, -0.1) is 0 Å². The second-order valence-electron chi connectivity index (χ2n) is 5.03. The van der Waals surface area contributed by atoms with Crippen LogP contribution in [0.15, 0.2) is 0 Å². The maximum atomic E-state index is 11.6. The van der Waals surface area contributed by atoms with Crippen LogP contribution in [0.3, 0.4) is 0 Å². The monoisotopic (exact) mass is 270 g/mol. The van der Waals surface area contributed by atoms with Crippen molar-refractivity contribution in [2.45, 2.75) is 58.0 Å². The van der Waals surface area contributed by atoms with Crippen molar-refractivity contribution in [1.29, 1.82) is 0 Å². The number of nitrogens with two attached hydrogens (primary N) is 1. The van der Waals surface area contributed by atoms with E-state index >= 15 is 0 Å². The van der Waals surface area contributed by atoms with Crippen LogP contribution in [-0.4, -0.2) is 24.0 Å². The molecule has 0 saturated heterocycles. The Kier molecular flexibility index (Phi) is 6.32. The zero-order valence-electron chi connectivity index (χ0n) is 11.3. The maximum absolute atomic E-state index is 11.6. The second kappa shape index (κ2) is 7.76. The van der Waals surface area contributed by atoms with Gasteiger partial charge in [-0.25, -0.2) is 4.79 Å². The fourth-order valence-corrected chi connectivity index (χ4v) is 2.33. The number of hydrogen-bond acceptors (Lipinski definition) is 4. The quantitative estimate of drug-likeness (QED) is 0.739. The number of esters is 1. The Balaban J connectivity index is 2.22. The van der Waals surface area contributed by atoms with Crippen molar-refractivity contribution in [3.63, 3.8) is 0 Å². The number of carbonyl (C=O) groups excluding carboxylic acids is 3. The van der Waals surface area contributed by atoms with Crippen molar-refractivity contribution >= 4 is 17.9 Å². The van der Waals surface area contributed by atoms with Gasteiger partial charge in [0.25, 0.3) is 5.91 Å². The molecule has 3 amide bonds. The SMILES string of the molecule is C[C@@H](OC(=O)CCC1CCCCC1)C(=O)NC(N)=O. The van der Waals surface area contributed by atoms with Gasteiger partial charge in [-0.1, -0.05) is 32.1 Å². The largest absolute Gasteiger partial charge is 0.453 e. The molecule has 1 saturated carbocycles. The number of nitrogens with one attached hydrogen (secondary N) is 1. The van der Waals surface area contributed by atoms with Gasteiger partial charge in [0.05, 0.1) is 0 Å². The van der Waals surface area contributed by atoms with Gasteiger partial charge in [-0.05, 0) is 19.3 Å². The fourth-order valence-electron chi connectivity index (χ4n) is 2.33. The molecule has 19 heavy (non-hydrogen) atoms. The number of amides is 3. The zero-order valence-corrected chi connectivity index (χ0v) is 11.3. The van der Waals surface area contributed by atoms with Gasteiger partial charge in [0, 0.05) is 6.42 Å². The lowest BCUT2D eigenvalue weighted by atomic mass is 9.86. The molecule has 0 aliphatic heterocycles. The van der Waals surface area contributed by atoms with Crippen LogP contribution in [0.5, 0.6) is 0 Å². The van der Waals surface area contributed by atoms with E-state index in [9.17, 15) is 14.4 Å². The van der Waals surface area contributed by atoms with E-state index in [1.165, 1.54) is 39.0 Å². The van der Waals surface area contributed by atoms with Crippen LogP contribution in [-0.2, 0) is 14.3 Å². The predicted octanol–water partition coefficient (Wildman–Crippen LogP) is 1.47. The van der Waals surface area contributed by atoms with Crippen LogP contribution in [0.4, 0.5) is 4.79 Å². The number of ether oxygens (including phenoxy) is 1. The van der Waals surface area contributed by atoms with Gasteiger partial charge in [0.15, 0.2) is 6.10 Å². The highest BCUT2D eigenvalue weighted by atomic mass is 16.5. The van der Waals surface area contributed by atoms with E-state index in [1.54, 1.807) is 0 Å². The number of rotatable bonds is 5. The van der Waals surface area contributed by atoms with E-state index in [2.05, 4.69) is 0 Å². The summed E-state index contributed by atoms with van der Waals surface area (Å²) in [6.07, 6.45) is 6.23. The number of urea groups is 1. The molecule has 0 radical (unpaired) electrons. The van der Waals surface area contributed by atoms with E-state index in [-0.39, 0.29) is 0 Å². The van der Waals surface area contributed by atoms with Gasteiger partial charge in [0.1, 0.15) is 0 Å². The first-order valence-electron chi connectivity index (χ1n) is 6.79. The minimum atomic E-state index is -0.994. The summed E-state index contributed by atoms with van der Waals surface area (Å²) in [5.41, 5.74) is 4.81. The molecule has 0 bridgehead atoms. The van der Waals surface area contributed by atoms with Crippen molar-refractivity contribution < 1.29 is 19.1 Å². The standard InChI is InChI=1S/C13H22N2O4/c1-9(12(17)15-13(14)18)19-11(16)8-7-10-5-3-2-4-6-10/h9-10H,2-8H2,1H3,(H3,14,15,17,18)/t9-/m1/s1. The minimum absolute atomic E-state index is 0.318. The first-order chi connectivity index (χ1) is 8.99. The summed E-state index contributed by atoms with van der Waals surface area (Å²) < 4.78 is 4.95. The summed E-state index contributed by atoms with van der Waals surface area (Å²) in [5, 5.41) is 1.88. The van der Waals surface area contributed by atoms with E-state index in [0.717, 1.165) is 6.42 Å². The lowest BCUT2D eigenvalue weighted by Crippen LogP contribution is -2.42. The highest BCUT2D eigenvalue weighted by Crippen LogP contribution is 2.27. The normalized spacial score (nSPS) is 17.5. The van der Waals surface area contributed by atoms with Gasteiger partial charge in [-0.2, -0.15) is 0 Å². The zero-order chi connectivity index (χ0) is 14.3. The fraction of sp³-hybridized carbons (Fsp3) is 0.769. The Labute approximate surface area is 113 Å². The van der Waals surface area contributed by atoms with Gasteiger partial charge < -0.3 is 10.5 Å². The molecule has 1 aliphatic rings. The van der Waals surface area contributed by atoms with Crippen LogP contribution in [0.1, 0.15) is 51.9 Å². The molecule has 108 valence electrons. The van der Waals surface area contributed by atoms with Crippen molar-refractivity contribution in [3.8, 4) is 0 Å². The Morgan fingerprint density at radius 2 is 1.89 bits per heavy atom. The molecule has 0 heterocycles. The second-order valence-corrected chi connectivity index (χ2v) is 5.03. The number of hydrogen-bond donors (Lipinski definition) is 2. The average Bonchev–Trinajstić information content (AvgIpc) is 2.36. The summed E-state index contributed by atoms with van der Waals surface area (Å²) in [6.45, 7) is 1.41. The lowest BCUT2D eigenvalue weighted by Gasteiger charge is -2.21. The first kappa shape index (κ1) is 15.5. The third kappa shape index (κ3) is 6.22. The van der Waals surface area contributed by atoms with Crippen LogP contribution < -0.4 is 11.1 Å². The summed E-state index contributed by atoms with van der Waals surface area (Å²) in [5.74, 6) is -0.507. The molecule has 0 aromatic carbocycles. The highest BCUT2D eigenvalue weighted by molar-refractivity contribution is 5.96. The van der Waals surface area contributed by atoms with Crippen molar-refractivity contribution in [3.05, 3.63) is 0 Å². The lowest BCUT2D eigenvalue weighted by molar-refractivity contribution is -0.154. The number of imide groups is 1. The van der Waals surface area contributed by atoms with Crippen LogP contribution in [0, 0.1) is 5.92 Å². The summed E-state index contributed by atoms with van der Waals surface area (Å²) in [6, 6.07) is -0.949. The number of carbonyl (C=O) groups is 3. The van der Waals surface area contributed by atoms with E-state index < -0.39 is 24.0 Å². The van der Waals surface area contributed by atoms with E-state index in [0.29, 0.717) is 12.3 Å². The molecule has 0 aromatic heterocycles. The topological polar surface area (TPSA) is 98.5 Å². The molecular formula is C13H22N2O4. The third-order valence-electron chi connectivity index (χ3n) is 3.41. The molecule has 1 rings (SSSR count). The average molecular weight is 270 g/mol. The molecule has 1 aliphatic carbocycles. The summed E-state index contributed by atoms with van der Waals surface area (Å²) in [7, 11) is 0. The Bertz CT molecular complexity index is 338. The summed E-state index contributed by atoms with van der Waals surface area (Å²) >= 11 is 0. The Hall–Kier alpha value is -1.59. The molecule has 0 aromatic rings. The van der Waals surface area contributed by atoms with Gasteiger partial charge in [0.2, 0.25) is 0 Å². The maximum Gasteiger partial charge on any atom is 0.318 e. The van der Waals surface area contributed by atoms with Crippen molar-refractivity contribution in [2.75, 3.05) is 0 Å². The Morgan fingerprint density at radius 3 is 2.47 bits per heavy atom. The minimum Gasteiger partial charge on any atom is -0.453 e. The van der Waals surface area contributed by atoms with E-state index in [1.807, 2.05) is 5.32 Å². The van der Waals surface area contributed by atoms with Gasteiger partial charge >= 0.3 is 12.0 Å². The summed E-state index contributed by atoms with van der Waals surface area (Å²) in [4.78, 5) is 33.4. The van der Waals surface area contributed by atoms with Crippen LogP contribution >= 0.6 is 0 Å². The van der Waals surface area contributed by atoms with Crippen LogP contribution in [0.2, 0.25) is 0 Å². The molecule has 0 unspecified atom stereocenters. The van der Waals surface area contributed by atoms with E-state index in [4.69, 9.17) is 10.5 Å². The van der Waals surface area contributed by atoms with Crippen molar-refractivity contribution in [1.82, 2.24) is 5.32 Å². The van der Waals surface area contributed by atoms with Crippen molar-refractivity contribution in [2.24, 2.45) is 11.7 Å².